The molecule has 1 amide bonds. The first-order valence-electron chi connectivity index (χ1n) is 8.07. The zero-order valence-electron chi connectivity index (χ0n) is 13.3. The Bertz CT molecular complexity index is 673. The zero-order chi connectivity index (χ0) is 15.5. The van der Waals surface area contributed by atoms with Gasteiger partial charge in [0.1, 0.15) is 5.82 Å². The summed E-state index contributed by atoms with van der Waals surface area (Å²) in [4.78, 5) is 12.3. The van der Waals surface area contributed by atoms with Crippen molar-refractivity contribution >= 4 is 11.7 Å². The lowest BCUT2D eigenvalue weighted by molar-refractivity contribution is -0.115. The van der Waals surface area contributed by atoms with Gasteiger partial charge in [0.15, 0.2) is 0 Å². The highest BCUT2D eigenvalue weighted by Gasteiger charge is 2.13. The van der Waals surface area contributed by atoms with Gasteiger partial charge >= 0.3 is 0 Å². The van der Waals surface area contributed by atoms with Gasteiger partial charge in [-0.3, -0.25) is 4.79 Å². The number of amides is 1. The van der Waals surface area contributed by atoms with E-state index in [-0.39, 0.29) is 11.9 Å². The summed E-state index contributed by atoms with van der Waals surface area (Å²) < 4.78 is 1.82. The van der Waals surface area contributed by atoms with E-state index in [4.69, 9.17) is 0 Å². The van der Waals surface area contributed by atoms with E-state index >= 15 is 0 Å². The summed E-state index contributed by atoms with van der Waals surface area (Å²) in [7, 11) is 0. The second-order valence-corrected chi connectivity index (χ2v) is 6.29. The molecular formula is C18H23N3O. The van der Waals surface area contributed by atoms with Gasteiger partial charge in [-0.1, -0.05) is 18.2 Å². The van der Waals surface area contributed by atoms with Crippen molar-refractivity contribution in [3.63, 3.8) is 0 Å². The number of aromatic nitrogens is 2. The Hall–Kier alpha value is -2.10. The number of carbonyl (C=O) groups is 1. The van der Waals surface area contributed by atoms with Crippen LogP contribution >= 0.6 is 0 Å². The minimum absolute atomic E-state index is 0.0122. The van der Waals surface area contributed by atoms with Crippen LogP contribution in [0, 0.1) is 0 Å². The molecular weight excluding hydrogens is 274 g/mol. The standard InChI is InChI=1S/C18H23N3O/c1-13(2)21-17(9-10-19-21)20-18(22)12-14-7-8-15-5-3-4-6-16(15)11-14/h7-11,13H,3-6,12H2,1-2H3,(H,20,22). The number of hydrogen-bond donors (Lipinski definition) is 1. The molecule has 0 atom stereocenters. The molecule has 3 rings (SSSR count). The number of aryl methyl sites for hydroxylation is 2. The zero-order valence-corrected chi connectivity index (χ0v) is 13.3. The second kappa shape index (κ2) is 6.34. The molecule has 1 heterocycles. The van der Waals surface area contributed by atoms with E-state index in [9.17, 15) is 4.79 Å². The number of benzene rings is 1. The first kappa shape index (κ1) is 14.8. The molecule has 4 nitrogen and oxygen atoms in total. The van der Waals surface area contributed by atoms with Crippen molar-refractivity contribution < 1.29 is 4.79 Å². The summed E-state index contributed by atoms with van der Waals surface area (Å²) in [5.41, 5.74) is 3.96. The molecule has 0 bridgehead atoms. The van der Waals surface area contributed by atoms with Crippen LogP contribution in [0.4, 0.5) is 5.82 Å². The molecule has 1 aromatic heterocycles. The van der Waals surface area contributed by atoms with Gasteiger partial charge in [-0.05, 0) is 56.2 Å². The molecule has 0 radical (unpaired) electrons. The molecule has 1 aliphatic carbocycles. The molecule has 0 saturated heterocycles. The third kappa shape index (κ3) is 3.21. The van der Waals surface area contributed by atoms with Crippen LogP contribution in [0.5, 0.6) is 0 Å². The van der Waals surface area contributed by atoms with Gasteiger partial charge in [-0.15, -0.1) is 0 Å². The van der Waals surface area contributed by atoms with Crippen molar-refractivity contribution in [3.8, 4) is 0 Å². The molecule has 0 fully saturated rings. The van der Waals surface area contributed by atoms with Crippen molar-refractivity contribution in [1.29, 1.82) is 0 Å². The second-order valence-electron chi connectivity index (χ2n) is 6.29. The minimum Gasteiger partial charge on any atom is -0.311 e. The largest absolute Gasteiger partial charge is 0.311 e. The van der Waals surface area contributed by atoms with Crippen molar-refractivity contribution in [2.75, 3.05) is 5.32 Å². The Morgan fingerprint density at radius 2 is 2.00 bits per heavy atom. The Morgan fingerprint density at radius 3 is 2.77 bits per heavy atom. The number of fused-ring (bicyclic) bond motifs is 1. The van der Waals surface area contributed by atoms with Crippen LogP contribution < -0.4 is 5.32 Å². The highest BCUT2D eigenvalue weighted by Crippen LogP contribution is 2.22. The van der Waals surface area contributed by atoms with Crippen LogP contribution in [0.1, 0.15) is 49.4 Å². The average Bonchev–Trinajstić information content (AvgIpc) is 2.95. The molecule has 116 valence electrons. The fraction of sp³-hybridized carbons (Fsp3) is 0.444. The number of carbonyl (C=O) groups excluding carboxylic acids is 1. The van der Waals surface area contributed by atoms with Crippen molar-refractivity contribution in [3.05, 3.63) is 47.2 Å². The molecule has 2 aromatic rings. The highest BCUT2D eigenvalue weighted by molar-refractivity contribution is 5.91. The number of rotatable bonds is 4. The first-order chi connectivity index (χ1) is 10.6. The normalized spacial score (nSPS) is 14.0. The van der Waals surface area contributed by atoms with Crippen LogP contribution in [0.15, 0.2) is 30.5 Å². The molecule has 4 heteroatoms. The molecule has 1 aromatic carbocycles. The average molecular weight is 297 g/mol. The van der Waals surface area contributed by atoms with Crippen molar-refractivity contribution in [1.82, 2.24) is 9.78 Å². The van der Waals surface area contributed by atoms with Gasteiger partial charge in [0.2, 0.25) is 5.91 Å². The molecule has 0 saturated carbocycles. The third-order valence-corrected chi connectivity index (χ3v) is 4.20. The van der Waals surface area contributed by atoms with Crippen molar-refractivity contribution in [2.45, 2.75) is 52.0 Å². The summed E-state index contributed by atoms with van der Waals surface area (Å²) in [5.74, 6) is 0.774. The molecule has 0 spiro atoms. The van der Waals surface area contributed by atoms with Crippen LogP contribution in [0.25, 0.3) is 0 Å². The summed E-state index contributed by atoms with van der Waals surface area (Å²) >= 11 is 0. The van der Waals surface area contributed by atoms with Crippen LogP contribution in [0.2, 0.25) is 0 Å². The molecule has 22 heavy (non-hydrogen) atoms. The predicted molar refractivity (Wildman–Crippen MR) is 88.0 cm³/mol. The van der Waals surface area contributed by atoms with E-state index in [1.54, 1.807) is 6.20 Å². The van der Waals surface area contributed by atoms with Crippen LogP contribution in [-0.2, 0) is 24.1 Å². The number of anilines is 1. The quantitative estimate of drug-likeness (QED) is 0.938. The van der Waals surface area contributed by atoms with E-state index in [0.29, 0.717) is 6.42 Å². The number of hydrogen-bond acceptors (Lipinski definition) is 2. The lowest BCUT2D eigenvalue weighted by Crippen LogP contribution is -2.18. The van der Waals surface area contributed by atoms with Gasteiger partial charge in [0.05, 0.1) is 12.6 Å². The first-order valence-corrected chi connectivity index (χ1v) is 8.07. The maximum Gasteiger partial charge on any atom is 0.229 e. The topological polar surface area (TPSA) is 46.9 Å². The van der Waals surface area contributed by atoms with E-state index < -0.39 is 0 Å². The van der Waals surface area contributed by atoms with Gasteiger partial charge in [-0.25, -0.2) is 4.68 Å². The van der Waals surface area contributed by atoms with E-state index in [1.807, 2.05) is 24.6 Å². The van der Waals surface area contributed by atoms with E-state index in [2.05, 4.69) is 28.6 Å². The van der Waals surface area contributed by atoms with Crippen LogP contribution in [-0.4, -0.2) is 15.7 Å². The van der Waals surface area contributed by atoms with Gasteiger partial charge in [0.25, 0.3) is 0 Å². The molecule has 0 aliphatic heterocycles. The predicted octanol–water partition coefficient (Wildman–Crippen LogP) is 3.52. The maximum absolute atomic E-state index is 12.3. The summed E-state index contributed by atoms with van der Waals surface area (Å²) in [5, 5.41) is 7.20. The Morgan fingerprint density at radius 1 is 1.23 bits per heavy atom. The van der Waals surface area contributed by atoms with Gasteiger partial charge in [-0.2, -0.15) is 5.10 Å². The molecule has 1 N–H and O–H groups in total. The fourth-order valence-electron chi connectivity index (χ4n) is 3.09. The Labute approximate surface area is 131 Å². The summed E-state index contributed by atoms with van der Waals surface area (Å²) in [6, 6.07) is 8.55. The SMILES string of the molecule is CC(C)n1nccc1NC(=O)Cc1ccc2c(c1)CCCC2. The third-order valence-electron chi connectivity index (χ3n) is 4.20. The minimum atomic E-state index is 0.0122. The maximum atomic E-state index is 12.3. The molecule has 0 unspecified atom stereocenters. The number of nitrogens with zero attached hydrogens (tertiary/aromatic N) is 2. The monoisotopic (exact) mass is 297 g/mol. The van der Waals surface area contributed by atoms with Crippen LogP contribution in [0.3, 0.4) is 0 Å². The van der Waals surface area contributed by atoms with Gasteiger partial charge < -0.3 is 5.32 Å². The van der Waals surface area contributed by atoms with E-state index in [1.165, 1.54) is 30.4 Å². The van der Waals surface area contributed by atoms with Crippen molar-refractivity contribution in [2.24, 2.45) is 0 Å². The summed E-state index contributed by atoms with van der Waals surface area (Å²) in [6.07, 6.45) is 6.99. The lowest BCUT2D eigenvalue weighted by atomic mass is 9.90. The van der Waals surface area contributed by atoms with E-state index in [0.717, 1.165) is 17.8 Å². The Balaban J connectivity index is 1.68. The highest BCUT2D eigenvalue weighted by atomic mass is 16.1. The molecule has 1 aliphatic rings. The van der Waals surface area contributed by atoms with Gasteiger partial charge in [0, 0.05) is 12.1 Å². The lowest BCUT2D eigenvalue weighted by Gasteiger charge is -2.16. The fourth-order valence-corrected chi connectivity index (χ4v) is 3.09. The number of nitrogens with one attached hydrogen (secondary N) is 1. The Kier molecular flexibility index (Phi) is 4.27. The summed E-state index contributed by atoms with van der Waals surface area (Å²) in [6.45, 7) is 4.10. The smallest absolute Gasteiger partial charge is 0.229 e.